The van der Waals surface area contributed by atoms with Gasteiger partial charge in [-0.1, -0.05) is 12.1 Å². The Morgan fingerprint density at radius 1 is 1.37 bits per heavy atom. The fourth-order valence-electron chi connectivity index (χ4n) is 1.72. The highest BCUT2D eigenvalue weighted by Gasteiger charge is 2.12. The molecule has 100 valence electrons. The van der Waals surface area contributed by atoms with Crippen molar-refractivity contribution >= 4 is 23.1 Å². The van der Waals surface area contributed by atoms with Gasteiger partial charge in [-0.3, -0.25) is 0 Å². The Hall–Kier alpha value is -1.88. The number of hydrogen-bond donors (Lipinski definition) is 2. The van der Waals surface area contributed by atoms with E-state index in [1.807, 2.05) is 13.0 Å². The van der Waals surface area contributed by atoms with E-state index >= 15 is 0 Å². The molecule has 0 radical (unpaired) electrons. The van der Waals surface area contributed by atoms with Crippen LogP contribution in [0.25, 0.3) is 0 Å². The molecule has 0 fully saturated rings. The minimum Gasteiger partial charge on any atom is -0.394 e. The smallest absolute Gasteiger partial charge is 0.224 e. The van der Waals surface area contributed by atoms with Gasteiger partial charge in [0.05, 0.1) is 17.4 Å². The van der Waals surface area contributed by atoms with Gasteiger partial charge in [0.15, 0.2) is 5.82 Å². The highest BCUT2D eigenvalue weighted by atomic mass is 35.5. The monoisotopic (exact) mass is 280 g/mol. The predicted molar refractivity (Wildman–Crippen MR) is 74.6 cm³/mol. The second kappa shape index (κ2) is 5.40. The van der Waals surface area contributed by atoms with Crippen molar-refractivity contribution < 1.29 is 4.39 Å². The lowest BCUT2D eigenvalue weighted by molar-refractivity contribution is 0.623. The molecule has 2 aromatic rings. The number of nitrogens with one attached hydrogen (secondary N) is 1. The molecule has 1 heterocycles. The van der Waals surface area contributed by atoms with Crippen LogP contribution >= 0.6 is 11.6 Å². The molecule has 1 aromatic heterocycles. The van der Waals surface area contributed by atoms with Gasteiger partial charge < -0.3 is 11.1 Å². The molecule has 0 aliphatic rings. The molecule has 1 aromatic carbocycles. The van der Waals surface area contributed by atoms with Crippen molar-refractivity contribution in [3.8, 4) is 0 Å². The van der Waals surface area contributed by atoms with Gasteiger partial charge in [0.1, 0.15) is 5.82 Å². The number of rotatable bonds is 3. The summed E-state index contributed by atoms with van der Waals surface area (Å²) in [7, 11) is 0. The molecule has 0 bridgehead atoms. The normalized spacial score (nSPS) is 12.2. The maximum Gasteiger partial charge on any atom is 0.224 e. The van der Waals surface area contributed by atoms with Crippen LogP contribution in [0, 0.1) is 12.7 Å². The fourth-order valence-corrected chi connectivity index (χ4v) is 1.93. The van der Waals surface area contributed by atoms with Crippen molar-refractivity contribution in [2.24, 2.45) is 0 Å². The summed E-state index contributed by atoms with van der Waals surface area (Å²) in [5, 5.41) is 3.23. The number of benzene rings is 1. The molecule has 3 N–H and O–H groups in total. The van der Waals surface area contributed by atoms with Crippen molar-refractivity contribution in [2.45, 2.75) is 19.9 Å². The van der Waals surface area contributed by atoms with Gasteiger partial charge in [0.25, 0.3) is 0 Å². The van der Waals surface area contributed by atoms with E-state index in [4.69, 9.17) is 17.3 Å². The standard InChI is InChI=1S/C13H14ClFN4/c1-7(9-4-3-5-10(15)6-9)17-12-11(16)8(2)18-13(14)19-12/h3-7H,16H2,1-2H3,(H,17,18,19). The molecule has 6 heteroatoms. The number of nitrogens with zero attached hydrogens (tertiary/aromatic N) is 2. The maximum absolute atomic E-state index is 13.2. The average Bonchev–Trinajstić information content (AvgIpc) is 2.35. The molecule has 1 atom stereocenters. The molecule has 0 amide bonds. The number of nitrogen functional groups attached to an aromatic ring is 1. The highest BCUT2D eigenvalue weighted by Crippen LogP contribution is 2.25. The SMILES string of the molecule is Cc1nc(Cl)nc(NC(C)c2cccc(F)c2)c1N. The van der Waals surface area contributed by atoms with Gasteiger partial charge in [-0.15, -0.1) is 0 Å². The lowest BCUT2D eigenvalue weighted by atomic mass is 10.1. The lowest BCUT2D eigenvalue weighted by Crippen LogP contribution is -2.11. The summed E-state index contributed by atoms with van der Waals surface area (Å²) in [5.41, 5.74) is 7.73. The first kappa shape index (κ1) is 13.5. The first-order valence-corrected chi connectivity index (χ1v) is 6.17. The van der Waals surface area contributed by atoms with Crippen molar-refractivity contribution in [3.63, 3.8) is 0 Å². The number of halogens is 2. The summed E-state index contributed by atoms with van der Waals surface area (Å²) >= 11 is 5.80. The van der Waals surface area contributed by atoms with Crippen LogP contribution in [-0.4, -0.2) is 9.97 Å². The van der Waals surface area contributed by atoms with Gasteiger partial charge in [-0.05, 0) is 43.1 Å². The second-order valence-corrected chi connectivity index (χ2v) is 4.60. The van der Waals surface area contributed by atoms with Crippen LogP contribution in [0.15, 0.2) is 24.3 Å². The van der Waals surface area contributed by atoms with Gasteiger partial charge >= 0.3 is 0 Å². The molecule has 0 aliphatic heterocycles. The Kier molecular flexibility index (Phi) is 3.85. The largest absolute Gasteiger partial charge is 0.394 e. The quantitative estimate of drug-likeness (QED) is 0.847. The van der Waals surface area contributed by atoms with Crippen LogP contribution in [-0.2, 0) is 0 Å². The molecular formula is C13H14ClFN4. The Morgan fingerprint density at radius 2 is 2.11 bits per heavy atom. The fraction of sp³-hybridized carbons (Fsp3) is 0.231. The van der Waals surface area contributed by atoms with E-state index in [2.05, 4.69) is 15.3 Å². The van der Waals surface area contributed by atoms with E-state index in [0.29, 0.717) is 17.2 Å². The second-order valence-electron chi connectivity index (χ2n) is 4.26. The van der Waals surface area contributed by atoms with E-state index in [9.17, 15) is 4.39 Å². The zero-order chi connectivity index (χ0) is 14.0. The molecule has 19 heavy (non-hydrogen) atoms. The zero-order valence-corrected chi connectivity index (χ0v) is 11.4. The molecule has 0 aliphatic carbocycles. The summed E-state index contributed by atoms with van der Waals surface area (Å²) in [6.07, 6.45) is 0. The topological polar surface area (TPSA) is 63.8 Å². The lowest BCUT2D eigenvalue weighted by Gasteiger charge is -2.17. The number of nitrogens with two attached hydrogens (primary N) is 1. The first-order chi connectivity index (χ1) is 8.97. The van der Waals surface area contributed by atoms with Crippen molar-refractivity contribution in [3.05, 3.63) is 46.6 Å². The third-order valence-corrected chi connectivity index (χ3v) is 2.98. The molecule has 2 rings (SSSR count). The average molecular weight is 281 g/mol. The molecule has 0 spiro atoms. The molecule has 0 saturated carbocycles. The van der Waals surface area contributed by atoms with Gasteiger partial charge in [0, 0.05) is 0 Å². The summed E-state index contributed by atoms with van der Waals surface area (Å²) < 4.78 is 13.2. The zero-order valence-electron chi connectivity index (χ0n) is 10.6. The Bertz CT molecular complexity index is 603. The molecule has 1 unspecified atom stereocenters. The minimum absolute atomic E-state index is 0.126. The van der Waals surface area contributed by atoms with Crippen LogP contribution in [0.2, 0.25) is 5.28 Å². The molecule has 0 saturated heterocycles. The van der Waals surface area contributed by atoms with E-state index in [-0.39, 0.29) is 17.1 Å². The van der Waals surface area contributed by atoms with Crippen molar-refractivity contribution in [1.29, 1.82) is 0 Å². The Morgan fingerprint density at radius 3 is 2.79 bits per heavy atom. The Labute approximate surface area is 115 Å². The molecule has 4 nitrogen and oxygen atoms in total. The third-order valence-electron chi connectivity index (χ3n) is 2.81. The number of anilines is 2. The van der Waals surface area contributed by atoms with E-state index in [1.54, 1.807) is 13.0 Å². The summed E-state index contributed by atoms with van der Waals surface area (Å²) in [6.45, 7) is 3.64. The number of aromatic nitrogens is 2. The van der Waals surface area contributed by atoms with E-state index in [1.165, 1.54) is 12.1 Å². The maximum atomic E-state index is 13.2. The number of aryl methyl sites for hydroxylation is 1. The van der Waals surface area contributed by atoms with Crippen LogP contribution in [0.3, 0.4) is 0 Å². The Balaban J connectivity index is 2.26. The van der Waals surface area contributed by atoms with E-state index < -0.39 is 0 Å². The number of hydrogen-bond acceptors (Lipinski definition) is 4. The van der Waals surface area contributed by atoms with Crippen LogP contribution < -0.4 is 11.1 Å². The van der Waals surface area contributed by atoms with Crippen LogP contribution in [0.5, 0.6) is 0 Å². The van der Waals surface area contributed by atoms with Gasteiger partial charge in [0.2, 0.25) is 5.28 Å². The van der Waals surface area contributed by atoms with E-state index in [0.717, 1.165) is 5.56 Å². The summed E-state index contributed by atoms with van der Waals surface area (Å²) in [5.74, 6) is 0.172. The van der Waals surface area contributed by atoms with Gasteiger partial charge in [-0.2, -0.15) is 4.98 Å². The molecular weight excluding hydrogens is 267 g/mol. The minimum atomic E-state index is -0.281. The summed E-state index contributed by atoms with van der Waals surface area (Å²) in [4.78, 5) is 8.00. The first-order valence-electron chi connectivity index (χ1n) is 5.79. The van der Waals surface area contributed by atoms with Crippen LogP contribution in [0.4, 0.5) is 15.9 Å². The van der Waals surface area contributed by atoms with Gasteiger partial charge in [-0.25, -0.2) is 9.37 Å². The van der Waals surface area contributed by atoms with Crippen molar-refractivity contribution in [2.75, 3.05) is 11.1 Å². The van der Waals surface area contributed by atoms with Crippen molar-refractivity contribution in [1.82, 2.24) is 9.97 Å². The summed E-state index contributed by atoms with van der Waals surface area (Å²) in [6, 6.07) is 6.19. The van der Waals surface area contributed by atoms with Crippen LogP contribution in [0.1, 0.15) is 24.2 Å². The highest BCUT2D eigenvalue weighted by molar-refractivity contribution is 6.28. The third kappa shape index (κ3) is 3.12. The predicted octanol–water partition coefficient (Wildman–Crippen LogP) is 3.33.